The molecule has 1 amide bonds. The molecule has 1 saturated heterocycles. The second kappa shape index (κ2) is 13.4. The molecule has 2 aliphatic heterocycles. The number of ether oxygens (including phenoxy) is 1. The van der Waals surface area contributed by atoms with Crippen molar-refractivity contribution < 1.29 is 19.4 Å². The number of amides is 1. The van der Waals surface area contributed by atoms with E-state index < -0.39 is 11.9 Å². The molecule has 0 saturated carbocycles. The maximum absolute atomic E-state index is 13.6. The smallest absolute Gasteiger partial charge is 0.308 e. The summed E-state index contributed by atoms with van der Waals surface area (Å²) >= 11 is 0. The van der Waals surface area contributed by atoms with Crippen molar-refractivity contribution in [3.05, 3.63) is 41.5 Å². The van der Waals surface area contributed by atoms with Crippen molar-refractivity contribution in [3.63, 3.8) is 0 Å². The van der Waals surface area contributed by atoms with Gasteiger partial charge in [-0.1, -0.05) is 51.5 Å². The first-order valence-electron chi connectivity index (χ1n) is 14.0. The van der Waals surface area contributed by atoms with Gasteiger partial charge in [0.15, 0.2) is 0 Å². The Hall–Kier alpha value is -2.38. The summed E-state index contributed by atoms with van der Waals surface area (Å²) in [5, 5.41) is 10.5. The fourth-order valence-electron chi connectivity index (χ4n) is 6.01. The lowest BCUT2D eigenvalue weighted by Gasteiger charge is -2.34. The lowest BCUT2D eigenvalue weighted by Crippen LogP contribution is -2.46. The minimum Gasteiger partial charge on any atom is -0.493 e. The minimum absolute atomic E-state index is 0.0893. The lowest BCUT2D eigenvalue weighted by molar-refractivity contribution is -0.144. The zero-order valence-electron chi connectivity index (χ0n) is 23.2. The third-order valence-corrected chi connectivity index (χ3v) is 7.88. The van der Waals surface area contributed by atoms with Gasteiger partial charge in [-0.15, -0.1) is 0 Å². The number of carbonyl (C=O) groups is 2. The molecule has 206 valence electrons. The summed E-state index contributed by atoms with van der Waals surface area (Å²) in [7, 11) is 0. The first kappa shape index (κ1) is 29.2. The number of carbonyl (C=O) groups excluding carboxylic acids is 1. The van der Waals surface area contributed by atoms with E-state index in [1.165, 1.54) is 0 Å². The van der Waals surface area contributed by atoms with E-state index >= 15 is 0 Å². The summed E-state index contributed by atoms with van der Waals surface area (Å²) in [4.78, 5) is 30.5. The molecule has 3 atom stereocenters. The molecule has 1 aromatic rings. The second-order valence-corrected chi connectivity index (χ2v) is 11.4. The van der Waals surface area contributed by atoms with Crippen molar-refractivity contribution >= 4 is 11.9 Å². The number of hydrogen-bond acceptors (Lipinski definition) is 5. The molecular formula is C30H47N3O4. The van der Waals surface area contributed by atoms with E-state index in [-0.39, 0.29) is 29.8 Å². The molecule has 3 N–H and O–H groups in total. The van der Waals surface area contributed by atoms with Gasteiger partial charge >= 0.3 is 5.97 Å². The molecule has 1 fully saturated rings. The lowest BCUT2D eigenvalue weighted by atomic mass is 9.77. The molecule has 2 heterocycles. The summed E-state index contributed by atoms with van der Waals surface area (Å²) < 4.78 is 5.68. The normalized spacial score (nSPS) is 21.8. The summed E-state index contributed by atoms with van der Waals surface area (Å²) in [6, 6.07) is 5.89. The van der Waals surface area contributed by atoms with E-state index in [0.29, 0.717) is 32.7 Å². The van der Waals surface area contributed by atoms with Crippen LogP contribution in [0.15, 0.2) is 30.4 Å². The van der Waals surface area contributed by atoms with Crippen LogP contribution in [0.4, 0.5) is 0 Å². The number of aliphatic carboxylic acids is 1. The van der Waals surface area contributed by atoms with Crippen molar-refractivity contribution in [1.29, 1.82) is 0 Å². The highest BCUT2D eigenvalue weighted by Crippen LogP contribution is 2.43. The van der Waals surface area contributed by atoms with Gasteiger partial charge < -0.3 is 20.5 Å². The molecule has 0 aromatic heterocycles. The van der Waals surface area contributed by atoms with Gasteiger partial charge in [-0.2, -0.15) is 0 Å². The van der Waals surface area contributed by atoms with E-state index in [9.17, 15) is 14.7 Å². The molecule has 37 heavy (non-hydrogen) atoms. The topological polar surface area (TPSA) is 96.1 Å². The molecule has 0 bridgehead atoms. The monoisotopic (exact) mass is 513 g/mol. The SMILES string of the molecule is CC=CC(C)(C)C[C@H]1[C@H](C(=O)O)[C@@H](c2ccc3c(c2)CCO3)CN1CC(=O)N(CCCC)CCCCN. The van der Waals surface area contributed by atoms with Gasteiger partial charge in [0.1, 0.15) is 5.75 Å². The van der Waals surface area contributed by atoms with Crippen molar-refractivity contribution in [2.75, 3.05) is 39.3 Å². The number of allylic oxidation sites excluding steroid dienone is 2. The van der Waals surface area contributed by atoms with Gasteiger partial charge in [0.25, 0.3) is 0 Å². The van der Waals surface area contributed by atoms with Crippen LogP contribution in [0.3, 0.4) is 0 Å². The second-order valence-electron chi connectivity index (χ2n) is 11.4. The highest BCUT2D eigenvalue weighted by Gasteiger charge is 2.48. The first-order valence-corrected chi connectivity index (χ1v) is 14.0. The van der Waals surface area contributed by atoms with Gasteiger partial charge in [0.2, 0.25) is 5.91 Å². The van der Waals surface area contributed by atoms with Crippen LogP contribution in [0.2, 0.25) is 0 Å². The maximum atomic E-state index is 13.6. The molecular weight excluding hydrogens is 466 g/mol. The number of hydrogen-bond donors (Lipinski definition) is 2. The molecule has 2 aliphatic rings. The molecule has 0 radical (unpaired) electrons. The molecule has 7 heteroatoms. The number of benzene rings is 1. The average molecular weight is 514 g/mol. The molecule has 7 nitrogen and oxygen atoms in total. The minimum atomic E-state index is -0.788. The Balaban J connectivity index is 1.90. The van der Waals surface area contributed by atoms with Gasteiger partial charge in [0, 0.05) is 38.0 Å². The number of likely N-dealkylation sites (tertiary alicyclic amines) is 1. The zero-order chi connectivity index (χ0) is 27.0. The number of carboxylic acids is 1. The van der Waals surface area contributed by atoms with E-state index in [1.54, 1.807) is 0 Å². The van der Waals surface area contributed by atoms with Gasteiger partial charge in [-0.25, -0.2) is 0 Å². The van der Waals surface area contributed by atoms with E-state index in [2.05, 4.69) is 37.8 Å². The molecule has 3 rings (SSSR count). The Morgan fingerprint density at radius 3 is 2.68 bits per heavy atom. The van der Waals surface area contributed by atoms with Crippen LogP contribution >= 0.6 is 0 Å². The third kappa shape index (κ3) is 7.57. The highest BCUT2D eigenvalue weighted by atomic mass is 16.5. The standard InChI is InChI=1S/C30H47N3O4/c1-5-7-15-32(16-9-8-14-31)27(34)21-33-20-24(22-10-11-26-23(18-22)12-17-37-26)28(29(35)36)25(33)19-30(3,4)13-6-2/h6,10-11,13,18,24-25,28H,5,7-9,12,14-17,19-21,31H2,1-4H3,(H,35,36)/t24-,25+,28-/m1/s1. The molecule has 0 aliphatic carbocycles. The van der Waals surface area contributed by atoms with Crippen LogP contribution in [0.1, 0.15) is 76.8 Å². The largest absolute Gasteiger partial charge is 0.493 e. The summed E-state index contributed by atoms with van der Waals surface area (Å²) in [6.45, 7) is 12.0. The summed E-state index contributed by atoms with van der Waals surface area (Å²) in [5.74, 6) is -0.561. The van der Waals surface area contributed by atoms with Crippen molar-refractivity contribution in [2.24, 2.45) is 17.1 Å². The van der Waals surface area contributed by atoms with Crippen molar-refractivity contribution in [1.82, 2.24) is 9.80 Å². The number of nitrogens with two attached hydrogens (primary N) is 1. The number of carboxylic acid groups (broad SMARTS) is 1. The van der Waals surface area contributed by atoms with E-state index in [4.69, 9.17) is 10.5 Å². The van der Waals surface area contributed by atoms with Crippen molar-refractivity contribution in [2.45, 2.75) is 78.2 Å². The summed E-state index contributed by atoms with van der Waals surface area (Å²) in [6.07, 6.45) is 9.47. The zero-order valence-corrected chi connectivity index (χ0v) is 23.2. The van der Waals surface area contributed by atoms with Crippen LogP contribution in [0.25, 0.3) is 0 Å². The molecule has 1 aromatic carbocycles. The Morgan fingerprint density at radius 2 is 2.00 bits per heavy atom. The van der Waals surface area contributed by atoms with Gasteiger partial charge in [-0.3, -0.25) is 14.5 Å². The van der Waals surface area contributed by atoms with Gasteiger partial charge in [-0.05, 0) is 61.8 Å². The maximum Gasteiger partial charge on any atom is 0.308 e. The van der Waals surface area contributed by atoms with Crippen LogP contribution in [0.5, 0.6) is 5.75 Å². The Bertz CT molecular complexity index is 945. The number of nitrogens with zero attached hydrogens (tertiary/aromatic N) is 2. The molecule has 0 spiro atoms. The van der Waals surface area contributed by atoms with Crippen LogP contribution in [0, 0.1) is 11.3 Å². The quantitative estimate of drug-likeness (QED) is 0.282. The average Bonchev–Trinajstić information content (AvgIpc) is 3.45. The Kier molecular flexibility index (Phi) is 10.6. The Morgan fingerprint density at radius 1 is 1.24 bits per heavy atom. The Labute approximate surface area is 223 Å². The number of unbranched alkanes of at least 4 members (excludes halogenated alkanes) is 2. The van der Waals surface area contributed by atoms with Crippen LogP contribution < -0.4 is 10.5 Å². The van der Waals surface area contributed by atoms with Crippen LogP contribution in [-0.4, -0.2) is 72.2 Å². The van der Waals surface area contributed by atoms with E-state index in [1.807, 2.05) is 30.0 Å². The number of fused-ring (bicyclic) bond motifs is 1. The summed E-state index contributed by atoms with van der Waals surface area (Å²) in [5.41, 5.74) is 7.69. The van der Waals surface area contributed by atoms with Crippen molar-refractivity contribution in [3.8, 4) is 5.75 Å². The predicted molar refractivity (Wildman–Crippen MR) is 148 cm³/mol. The van der Waals surface area contributed by atoms with Gasteiger partial charge in [0.05, 0.1) is 19.1 Å². The van der Waals surface area contributed by atoms with E-state index in [0.717, 1.165) is 55.5 Å². The fourth-order valence-corrected chi connectivity index (χ4v) is 6.01. The predicted octanol–water partition coefficient (Wildman–Crippen LogP) is 4.45. The number of rotatable bonds is 14. The first-order chi connectivity index (χ1) is 17.7. The van der Waals surface area contributed by atoms with Crippen LogP contribution in [-0.2, 0) is 16.0 Å². The molecule has 0 unspecified atom stereocenters. The highest BCUT2D eigenvalue weighted by molar-refractivity contribution is 5.79. The third-order valence-electron chi connectivity index (χ3n) is 7.88. The fraction of sp³-hybridized carbons (Fsp3) is 0.667.